The minimum atomic E-state index is -3.49. The van der Waals surface area contributed by atoms with Crippen molar-refractivity contribution in [1.29, 1.82) is 5.26 Å². The first-order chi connectivity index (χ1) is 6.05. The maximum absolute atomic E-state index is 11.1. The topological polar surface area (TPSA) is 90.2 Å². The molecule has 0 fully saturated rings. The van der Waals surface area contributed by atoms with Gasteiger partial charge in [-0.05, 0) is 12.8 Å². The maximum Gasteiger partial charge on any atom is 0.225 e. The Morgan fingerprint density at radius 1 is 1.62 bits per heavy atom. The Kier molecular flexibility index (Phi) is 5.62. The number of sulfonamides is 1. The molecule has 0 aliphatic heterocycles. The van der Waals surface area contributed by atoms with Crippen LogP contribution >= 0.6 is 0 Å². The van der Waals surface area contributed by atoms with Crippen molar-refractivity contribution in [2.75, 3.05) is 12.4 Å². The molecule has 0 amide bonds. The first-order valence-corrected chi connectivity index (χ1v) is 5.68. The van der Waals surface area contributed by atoms with Gasteiger partial charge in [-0.1, -0.05) is 6.92 Å². The van der Waals surface area contributed by atoms with E-state index in [1.165, 1.54) is 0 Å². The summed E-state index contributed by atoms with van der Waals surface area (Å²) in [7, 11) is -3.49. The number of aliphatic hydroxyl groups excluding tert-OH is 1. The zero-order chi connectivity index (χ0) is 10.3. The smallest absolute Gasteiger partial charge is 0.225 e. The second kappa shape index (κ2) is 5.91. The predicted octanol–water partition coefficient (Wildman–Crippen LogP) is -0.410. The van der Waals surface area contributed by atoms with Gasteiger partial charge in [-0.15, -0.1) is 0 Å². The Hall–Kier alpha value is -0.640. The number of nitrogens with one attached hydrogen (secondary N) is 1. The van der Waals surface area contributed by atoms with Gasteiger partial charge in [0.1, 0.15) is 0 Å². The van der Waals surface area contributed by atoms with Crippen molar-refractivity contribution in [3.63, 3.8) is 0 Å². The molecule has 13 heavy (non-hydrogen) atoms. The van der Waals surface area contributed by atoms with E-state index in [4.69, 9.17) is 10.4 Å². The van der Waals surface area contributed by atoms with E-state index in [1.54, 1.807) is 6.07 Å². The Balaban J connectivity index is 4.16. The zero-order valence-corrected chi connectivity index (χ0v) is 8.34. The summed E-state index contributed by atoms with van der Waals surface area (Å²) in [6, 6.07) is 1.29. The number of hydrogen-bond acceptors (Lipinski definition) is 4. The Morgan fingerprint density at radius 2 is 2.23 bits per heavy atom. The molecule has 0 aliphatic carbocycles. The molecule has 0 saturated carbocycles. The molecule has 76 valence electrons. The summed E-state index contributed by atoms with van der Waals surface area (Å²) in [5.74, 6) is -0.533. The van der Waals surface area contributed by atoms with Crippen molar-refractivity contribution >= 4 is 10.0 Å². The Labute approximate surface area is 78.4 Å². The SMILES string of the molecule is CCC(CCO)NS(=O)(=O)CC#N. The molecule has 0 aromatic heterocycles. The van der Waals surface area contributed by atoms with Crippen LogP contribution in [0.2, 0.25) is 0 Å². The highest BCUT2D eigenvalue weighted by Crippen LogP contribution is 1.99. The van der Waals surface area contributed by atoms with Crippen LogP contribution in [0.3, 0.4) is 0 Å². The second-order valence-corrected chi connectivity index (χ2v) is 4.41. The Morgan fingerprint density at radius 3 is 2.62 bits per heavy atom. The van der Waals surface area contributed by atoms with Crippen LogP contribution in [0.5, 0.6) is 0 Å². The highest BCUT2D eigenvalue weighted by atomic mass is 32.2. The number of hydrogen-bond donors (Lipinski definition) is 2. The molecule has 0 saturated heterocycles. The summed E-state index contributed by atoms with van der Waals surface area (Å²) in [6.45, 7) is 1.75. The van der Waals surface area contributed by atoms with Crippen LogP contribution in [0.4, 0.5) is 0 Å². The summed E-state index contributed by atoms with van der Waals surface area (Å²) < 4.78 is 24.5. The molecule has 2 N–H and O–H groups in total. The van der Waals surface area contributed by atoms with Crippen LogP contribution in [0.1, 0.15) is 19.8 Å². The standard InChI is InChI=1S/C7H14N2O3S/c1-2-7(3-5-10)9-13(11,12)6-4-8/h7,9-10H,2-3,5-6H2,1H3. The van der Waals surface area contributed by atoms with Crippen LogP contribution in [0.15, 0.2) is 0 Å². The van der Waals surface area contributed by atoms with Gasteiger partial charge in [0.2, 0.25) is 10.0 Å². The van der Waals surface area contributed by atoms with E-state index >= 15 is 0 Å². The van der Waals surface area contributed by atoms with Crippen molar-refractivity contribution in [3.05, 3.63) is 0 Å². The summed E-state index contributed by atoms with van der Waals surface area (Å²) in [6.07, 6.45) is 0.979. The third-order valence-electron chi connectivity index (χ3n) is 1.57. The number of nitrogens with zero attached hydrogens (tertiary/aromatic N) is 1. The van der Waals surface area contributed by atoms with E-state index in [1.807, 2.05) is 6.92 Å². The molecule has 0 bridgehead atoms. The third-order valence-corrected chi connectivity index (χ3v) is 2.77. The lowest BCUT2D eigenvalue weighted by molar-refractivity contribution is 0.270. The van der Waals surface area contributed by atoms with E-state index in [2.05, 4.69) is 4.72 Å². The molecule has 1 atom stereocenters. The molecule has 0 spiro atoms. The second-order valence-electron chi connectivity index (χ2n) is 2.65. The lowest BCUT2D eigenvalue weighted by atomic mass is 10.2. The molecular weight excluding hydrogens is 192 g/mol. The molecule has 1 unspecified atom stereocenters. The van der Waals surface area contributed by atoms with Crippen molar-refractivity contribution in [1.82, 2.24) is 4.72 Å². The lowest BCUT2D eigenvalue weighted by Gasteiger charge is -2.13. The van der Waals surface area contributed by atoms with Gasteiger partial charge in [-0.25, -0.2) is 13.1 Å². The molecule has 0 radical (unpaired) electrons. The molecule has 0 rings (SSSR count). The monoisotopic (exact) mass is 206 g/mol. The lowest BCUT2D eigenvalue weighted by Crippen LogP contribution is -2.36. The fourth-order valence-electron chi connectivity index (χ4n) is 0.883. The molecule has 0 aromatic rings. The molecule has 0 aliphatic rings. The van der Waals surface area contributed by atoms with Crippen molar-refractivity contribution < 1.29 is 13.5 Å². The summed E-state index contributed by atoms with van der Waals surface area (Å²) in [4.78, 5) is 0. The minimum Gasteiger partial charge on any atom is -0.396 e. The Bertz CT molecular complexity index is 268. The number of aliphatic hydroxyl groups is 1. The maximum atomic E-state index is 11.1. The number of rotatable bonds is 6. The summed E-state index contributed by atoms with van der Waals surface area (Å²) >= 11 is 0. The minimum absolute atomic E-state index is 0.0619. The van der Waals surface area contributed by atoms with Gasteiger partial charge in [-0.2, -0.15) is 5.26 Å². The van der Waals surface area contributed by atoms with Gasteiger partial charge in [-0.3, -0.25) is 0 Å². The first kappa shape index (κ1) is 12.4. The molecule has 5 nitrogen and oxygen atoms in total. The van der Waals surface area contributed by atoms with Crippen LogP contribution < -0.4 is 4.72 Å². The van der Waals surface area contributed by atoms with Gasteiger partial charge in [0.25, 0.3) is 0 Å². The van der Waals surface area contributed by atoms with E-state index in [9.17, 15) is 8.42 Å². The van der Waals surface area contributed by atoms with Gasteiger partial charge < -0.3 is 5.11 Å². The van der Waals surface area contributed by atoms with E-state index < -0.39 is 15.8 Å². The molecular formula is C7H14N2O3S. The van der Waals surface area contributed by atoms with E-state index in [-0.39, 0.29) is 12.6 Å². The molecule has 6 heteroatoms. The van der Waals surface area contributed by atoms with Crippen LogP contribution in [0.25, 0.3) is 0 Å². The van der Waals surface area contributed by atoms with E-state index in [0.717, 1.165) is 0 Å². The average molecular weight is 206 g/mol. The van der Waals surface area contributed by atoms with Gasteiger partial charge in [0.15, 0.2) is 5.75 Å². The van der Waals surface area contributed by atoms with Crippen molar-refractivity contribution in [2.45, 2.75) is 25.8 Å². The van der Waals surface area contributed by atoms with Crippen LogP contribution in [-0.2, 0) is 10.0 Å². The highest BCUT2D eigenvalue weighted by molar-refractivity contribution is 7.89. The van der Waals surface area contributed by atoms with E-state index in [0.29, 0.717) is 12.8 Å². The van der Waals surface area contributed by atoms with Crippen molar-refractivity contribution in [2.24, 2.45) is 0 Å². The predicted molar refractivity (Wildman–Crippen MR) is 48.3 cm³/mol. The van der Waals surface area contributed by atoms with Gasteiger partial charge in [0.05, 0.1) is 6.07 Å². The fourth-order valence-corrected chi connectivity index (χ4v) is 1.93. The number of nitriles is 1. The van der Waals surface area contributed by atoms with Crippen LogP contribution in [-0.4, -0.2) is 31.9 Å². The fraction of sp³-hybridized carbons (Fsp3) is 0.857. The molecule has 0 heterocycles. The normalized spacial score (nSPS) is 13.6. The summed E-state index contributed by atoms with van der Waals surface area (Å²) in [5, 5.41) is 16.8. The quantitative estimate of drug-likeness (QED) is 0.618. The average Bonchev–Trinajstić information content (AvgIpc) is 2.03. The van der Waals surface area contributed by atoms with Gasteiger partial charge in [0, 0.05) is 12.6 Å². The largest absolute Gasteiger partial charge is 0.396 e. The highest BCUT2D eigenvalue weighted by Gasteiger charge is 2.15. The third kappa shape index (κ3) is 5.58. The van der Waals surface area contributed by atoms with Gasteiger partial charge >= 0.3 is 0 Å². The van der Waals surface area contributed by atoms with Crippen molar-refractivity contribution in [3.8, 4) is 6.07 Å². The van der Waals surface area contributed by atoms with Crippen LogP contribution in [0, 0.1) is 11.3 Å². The zero-order valence-electron chi connectivity index (χ0n) is 7.52. The first-order valence-electron chi connectivity index (χ1n) is 4.03. The summed E-state index contributed by atoms with van der Waals surface area (Å²) in [5.41, 5.74) is 0. The molecule has 0 aromatic carbocycles.